The Kier molecular flexibility index (Phi) is 3.75. The van der Waals surface area contributed by atoms with E-state index in [-0.39, 0.29) is 22.1 Å². The summed E-state index contributed by atoms with van der Waals surface area (Å²) >= 11 is 0. The molecule has 7 heteroatoms. The van der Waals surface area contributed by atoms with Gasteiger partial charge in [-0.3, -0.25) is 4.31 Å². The van der Waals surface area contributed by atoms with Crippen molar-refractivity contribution in [3.63, 3.8) is 0 Å². The van der Waals surface area contributed by atoms with Crippen molar-refractivity contribution in [3.05, 3.63) is 81.6 Å². The first kappa shape index (κ1) is 17.2. The molecule has 27 heavy (non-hydrogen) atoms. The number of para-hydroxylation sites is 1. The van der Waals surface area contributed by atoms with Gasteiger partial charge < -0.3 is 10.5 Å². The van der Waals surface area contributed by atoms with Crippen molar-refractivity contribution < 1.29 is 13.2 Å². The van der Waals surface area contributed by atoms with Crippen LogP contribution in [0, 0.1) is 18.3 Å². The highest BCUT2D eigenvalue weighted by atomic mass is 32.2. The topological polar surface area (TPSA) is 96.4 Å². The second-order valence-electron chi connectivity index (χ2n) is 6.46. The monoisotopic (exact) mass is 379 g/mol. The molecule has 0 aliphatic carbocycles. The van der Waals surface area contributed by atoms with Crippen LogP contribution >= 0.6 is 0 Å². The number of hydrogen-bond donors (Lipinski definition) is 1. The first-order valence-corrected chi connectivity index (χ1v) is 9.77. The molecule has 0 spiro atoms. The molecule has 0 unspecified atom stereocenters. The number of ether oxygens (including phenoxy) is 1. The van der Waals surface area contributed by atoms with Crippen LogP contribution in [0.15, 0.2) is 64.9 Å². The van der Waals surface area contributed by atoms with Crippen LogP contribution in [0.4, 0.5) is 5.69 Å². The van der Waals surface area contributed by atoms with Gasteiger partial charge in [0.25, 0.3) is 10.0 Å². The van der Waals surface area contributed by atoms with Gasteiger partial charge in [0.1, 0.15) is 16.5 Å². The fourth-order valence-corrected chi connectivity index (χ4v) is 5.26. The van der Waals surface area contributed by atoms with E-state index in [9.17, 15) is 13.7 Å². The zero-order valence-electron chi connectivity index (χ0n) is 14.8. The van der Waals surface area contributed by atoms with Gasteiger partial charge in [-0.1, -0.05) is 36.4 Å². The minimum absolute atomic E-state index is 0.0451. The van der Waals surface area contributed by atoms with E-state index in [0.717, 1.165) is 5.56 Å². The first-order chi connectivity index (χ1) is 12.9. The highest BCUT2D eigenvalue weighted by Gasteiger charge is 2.46. The maximum absolute atomic E-state index is 13.4. The zero-order chi connectivity index (χ0) is 19.3. The minimum atomic E-state index is -3.91. The maximum atomic E-state index is 13.4. The lowest BCUT2D eigenvalue weighted by Crippen LogP contribution is -2.37. The molecule has 6 nitrogen and oxygen atoms in total. The zero-order valence-corrected chi connectivity index (χ0v) is 15.6. The molecule has 0 saturated carbocycles. The second kappa shape index (κ2) is 5.89. The van der Waals surface area contributed by atoms with Gasteiger partial charge in [-0.15, -0.1) is 0 Å². The average molecular weight is 379 g/mol. The molecular formula is C20H17N3O3S. The average Bonchev–Trinajstić information content (AvgIpc) is 2.66. The molecule has 4 rings (SSSR count). The third-order valence-electron chi connectivity index (χ3n) is 5.00. The van der Waals surface area contributed by atoms with Crippen LogP contribution in [-0.2, 0) is 14.8 Å². The fourth-order valence-electron chi connectivity index (χ4n) is 3.62. The number of rotatable bonds is 1. The molecular weight excluding hydrogens is 362 g/mol. The van der Waals surface area contributed by atoms with Crippen LogP contribution in [-0.4, -0.2) is 15.5 Å². The van der Waals surface area contributed by atoms with Gasteiger partial charge >= 0.3 is 0 Å². The third kappa shape index (κ3) is 2.34. The molecule has 2 aromatic rings. The molecule has 0 radical (unpaired) electrons. The van der Waals surface area contributed by atoms with Crippen molar-refractivity contribution in [1.82, 2.24) is 0 Å². The summed E-state index contributed by atoms with van der Waals surface area (Å²) in [6, 6.07) is 16.5. The van der Waals surface area contributed by atoms with E-state index in [1.165, 1.54) is 11.4 Å². The van der Waals surface area contributed by atoms with Gasteiger partial charge in [-0.05, 0) is 30.2 Å². The van der Waals surface area contributed by atoms with E-state index in [4.69, 9.17) is 10.5 Å². The number of sulfonamides is 1. The molecule has 2 N–H and O–H groups in total. The molecule has 2 heterocycles. The van der Waals surface area contributed by atoms with Gasteiger partial charge in [0.05, 0.1) is 11.6 Å². The summed E-state index contributed by atoms with van der Waals surface area (Å²) in [4.78, 5) is 0.0451. The summed E-state index contributed by atoms with van der Waals surface area (Å²) in [5, 5.41) is 9.71. The van der Waals surface area contributed by atoms with Crippen molar-refractivity contribution >= 4 is 21.5 Å². The summed E-state index contributed by atoms with van der Waals surface area (Å²) in [7, 11) is -2.41. The van der Waals surface area contributed by atoms with Crippen molar-refractivity contribution in [2.75, 3.05) is 11.4 Å². The number of allylic oxidation sites excluding steroid dienone is 2. The summed E-state index contributed by atoms with van der Waals surface area (Å²) in [6.07, 6.45) is 0. The largest absolute Gasteiger partial charge is 0.439 e. The van der Waals surface area contributed by atoms with E-state index in [1.54, 1.807) is 24.3 Å². The van der Waals surface area contributed by atoms with E-state index >= 15 is 0 Å². The summed E-state index contributed by atoms with van der Waals surface area (Å²) in [6.45, 7) is 1.88. The van der Waals surface area contributed by atoms with Gasteiger partial charge in [-0.25, -0.2) is 8.42 Å². The Bertz CT molecular complexity index is 1170. The normalized spacial score (nSPS) is 20.5. The van der Waals surface area contributed by atoms with E-state index in [2.05, 4.69) is 6.07 Å². The number of nitrogens with zero attached hydrogens (tertiary/aromatic N) is 2. The van der Waals surface area contributed by atoms with Crippen molar-refractivity contribution in [1.29, 1.82) is 5.26 Å². The molecule has 0 amide bonds. The van der Waals surface area contributed by atoms with Gasteiger partial charge in [0.2, 0.25) is 5.88 Å². The highest BCUT2D eigenvalue weighted by molar-refractivity contribution is 7.96. The van der Waals surface area contributed by atoms with Crippen molar-refractivity contribution in [2.24, 2.45) is 5.73 Å². The number of hydrogen-bond acceptors (Lipinski definition) is 5. The Hall–Kier alpha value is -3.24. The Morgan fingerprint density at radius 2 is 1.81 bits per heavy atom. The second-order valence-corrected chi connectivity index (χ2v) is 8.40. The third-order valence-corrected chi connectivity index (χ3v) is 6.89. The first-order valence-electron chi connectivity index (χ1n) is 8.33. The number of aryl methyl sites for hydroxylation is 1. The minimum Gasteiger partial charge on any atom is -0.439 e. The number of fused-ring (bicyclic) bond motifs is 2. The highest BCUT2D eigenvalue weighted by Crippen LogP contribution is 2.50. The predicted molar refractivity (Wildman–Crippen MR) is 103 cm³/mol. The smallest absolute Gasteiger partial charge is 0.264 e. The summed E-state index contributed by atoms with van der Waals surface area (Å²) in [5.74, 6) is -0.701. The maximum Gasteiger partial charge on any atom is 0.264 e. The number of anilines is 1. The molecule has 1 atom stereocenters. The van der Waals surface area contributed by atoms with Crippen molar-refractivity contribution in [2.45, 2.75) is 12.8 Å². The molecule has 0 bridgehead atoms. The van der Waals surface area contributed by atoms with Crippen LogP contribution in [0.25, 0.3) is 5.76 Å². The van der Waals surface area contributed by atoms with Crippen LogP contribution < -0.4 is 10.0 Å². The SMILES string of the molecule is Cc1ccccc1[C@@H]1C(C#N)=C(N)OC2=C1S(=O)(=O)N(C)c1ccccc12. The van der Waals surface area contributed by atoms with Crippen LogP contribution in [0.1, 0.15) is 22.6 Å². The molecule has 2 aromatic carbocycles. The summed E-state index contributed by atoms with van der Waals surface area (Å²) < 4.78 is 33.7. The molecule has 2 aliphatic rings. The summed E-state index contributed by atoms with van der Waals surface area (Å²) in [5.41, 5.74) is 8.86. The fraction of sp³-hybridized carbons (Fsp3) is 0.150. The Morgan fingerprint density at radius 1 is 1.15 bits per heavy atom. The quantitative estimate of drug-likeness (QED) is 0.822. The number of nitrogens with two attached hydrogens (primary N) is 1. The van der Waals surface area contributed by atoms with E-state index < -0.39 is 15.9 Å². The Balaban J connectivity index is 2.11. The lowest BCUT2D eigenvalue weighted by molar-refractivity contribution is 0.357. The number of nitriles is 1. The lowest BCUT2D eigenvalue weighted by Gasteiger charge is -2.36. The van der Waals surface area contributed by atoms with Crippen LogP contribution in [0.2, 0.25) is 0 Å². The van der Waals surface area contributed by atoms with E-state index in [1.807, 2.05) is 31.2 Å². The van der Waals surface area contributed by atoms with Crippen LogP contribution in [0.3, 0.4) is 0 Å². The van der Waals surface area contributed by atoms with Crippen molar-refractivity contribution in [3.8, 4) is 6.07 Å². The molecule has 136 valence electrons. The van der Waals surface area contributed by atoms with Gasteiger partial charge in [0, 0.05) is 12.6 Å². The van der Waals surface area contributed by atoms with Gasteiger partial charge in [0.15, 0.2) is 5.76 Å². The molecule has 0 saturated heterocycles. The van der Waals surface area contributed by atoms with E-state index in [0.29, 0.717) is 16.8 Å². The lowest BCUT2D eigenvalue weighted by atomic mass is 9.86. The standard InChI is InChI=1S/C20H17N3O3S/c1-12-7-3-4-8-13(12)17-15(11-21)20(22)26-18-14-9-5-6-10-16(14)23(2)27(24,25)19(17)18/h3-10,17H,22H2,1-2H3/t17-/m1/s1. The number of benzene rings is 2. The van der Waals surface area contributed by atoms with Gasteiger partial charge in [-0.2, -0.15) is 5.26 Å². The molecule has 0 aromatic heterocycles. The van der Waals surface area contributed by atoms with Crippen LogP contribution in [0.5, 0.6) is 0 Å². The molecule has 0 fully saturated rings. The Morgan fingerprint density at radius 3 is 2.52 bits per heavy atom. The molecule has 2 aliphatic heterocycles. The predicted octanol–water partition coefficient (Wildman–Crippen LogP) is 2.95. The Labute approximate surface area is 157 Å².